The smallest absolute Gasteiger partial charge is 0.245 e. The summed E-state index contributed by atoms with van der Waals surface area (Å²) in [5.41, 5.74) is 0.643. The molecule has 1 atom stereocenters. The van der Waals surface area contributed by atoms with Gasteiger partial charge in [-0.1, -0.05) is 12.1 Å². The number of carbonyl (C=O) groups excluding carboxylic acids is 2. The molecule has 3 rings (SSSR count). The van der Waals surface area contributed by atoms with Crippen LogP contribution in [-0.4, -0.2) is 44.4 Å². The Morgan fingerprint density at radius 1 is 1.29 bits per heavy atom. The Hall–Kier alpha value is -2.77. The lowest BCUT2D eigenvalue weighted by Crippen LogP contribution is -2.58. The van der Waals surface area contributed by atoms with Crippen LogP contribution in [0.1, 0.15) is 24.3 Å². The summed E-state index contributed by atoms with van der Waals surface area (Å²) in [6.07, 6.45) is 0. The number of carbonyl (C=O) groups is 2. The van der Waals surface area contributed by atoms with Gasteiger partial charge >= 0.3 is 0 Å². The fourth-order valence-electron chi connectivity index (χ4n) is 2.71. The van der Waals surface area contributed by atoms with Crippen LogP contribution in [0.2, 0.25) is 0 Å². The molecule has 0 aliphatic carbocycles. The molecule has 0 unspecified atom stereocenters. The molecule has 1 fully saturated rings. The van der Waals surface area contributed by atoms with E-state index in [0.29, 0.717) is 17.3 Å². The maximum Gasteiger partial charge on any atom is 0.245 e. The van der Waals surface area contributed by atoms with Gasteiger partial charge in [0.25, 0.3) is 0 Å². The van der Waals surface area contributed by atoms with Crippen molar-refractivity contribution in [3.8, 4) is 0 Å². The molecule has 0 spiro atoms. The van der Waals surface area contributed by atoms with Crippen LogP contribution >= 0.6 is 0 Å². The normalized spacial score (nSPS) is 18.4. The van der Waals surface area contributed by atoms with Gasteiger partial charge in [0.1, 0.15) is 18.4 Å². The third-order valence-electron chi connectivity index (χ3n) is 3.92. The van der Waals surface area contributed by atoms with Crippen molar-refractivity contribution in [1.82, 2.24) is 20.0 Å². The number of amides is 2. The molecule has 0 N–H and O–H groups in total. The van der Waals surface area contributed by atoms with E-state index in [-0.39, 0.29) is 37.3 Å². The first-order valence-electron chi connectivity index (χ1n) is 7.55. The number of nitrogens with zero attached hydrogens (tertiary/aromatic N) is 4. The molecular formula is C16H17FN4O3. The van der Waals surface area contributed by atoms with Crippen molar-refractivity contribution in [3.63, 3.8) is 0 Å². The lowest BCUT2D eigenvalue weighted by molar-refractivity contribution is -0.156. The molecule has 1 aliphatic rings. The molecule has 1 saturated heterocycles. The van der Waals surface area contributed by atoms with Gasteiger partial charge in [-0.15, -0.1) is 10.2 Å². The van der Waals surface area contributed by atoms with Gasteiger partial charge in [-0.25, -0.2) is 4.39 Å². The van der Waals surface area contributed by atoms with Gasteiger partial charge in [0.05, 0.1) is 6.54 Å². The Labute approximate surface area is 138 Å². The Balaban J connectivity index is 1.72. The maximum atomic E-state index is 13.3. The van der Waals surface area contributed by atoms with Crippen LogP contribution in [0.15, 0.2) is 28.7 Å². The number of aromatic nitrogens is 2. The third-order valence-corrected chi connectivity index (χ3v) is 3.92. The predicted octanol–water partition coefficient (Wildman–Crippen LogP) is 1.28. The van der Waals surface area contributed by atoms with E-state index in [9.17, 15) is 14.0 Å². The molecule has 1 aromatic carbocycles. The van der Waals surface area contributed by atoms with Gasteiger partial charge < -0.3 is 14.2 Å². The van der Waals surface area contributed by atoms with Crippen molar-refractivity contribution in [2.75, 3.05) is 6.54 Å². The second-order valence-corrected chi connectivity index (χ2v) is 5.74. The minimum absolute atomic E-state index is 0.0627. The van der Waals surface area contributed by atoms with E-state index in [1.807, 2.05) is 0 Å². The summed E-state index contributed by atoms with van der Waals surface area (Å²) in [6, 6.07) is 5.35. The van der Waals surface area contributed by atoms with Crippen molar-refractivity contribution in [2.24, 2.45) is 0 Å². The molecule has 8 heteroatoms. The van der Waals surface area contributed by atoms with Crippen molar-refractivity contribution < 1.29 is 18.4 Å². The topological polar surface area (TPSA) is 79.5 Å². The first-order chi connectivity index (χ1) is 11.4. The monoisotopic (exact) mass is 332 g/mol. The van der Waals surface area contributed by atoms with E-state index in [4.69, 9.17) is 4.42 Å². The predicted molar refractivity (Wildman–Crippen MR) is 80.9 cm³/mol. The highest BCUT2D eigenvalue weighted by molar-refractivity contribution is 5.94. The summed E-state index contributed by atoms with van der Waals surface area (Å²) < 4.78 is 18.5. The van der Waals surface area contributed by atoms with Crippen LogP contribution in [0, 0.1) is 12.7 Å². The molecule has 2 aromatic rings. The molecule has 2 heterocycles. The van der Waals surface area contributed by atoms with Gasteiger partial charge in [0, 0.05) is 13.5 Å². The molecule has 0 saturated carbocycles. The van der Waals surface area contributed by atoms with Crippen LogP contribution < -0.4 is 0 Å². The van der Waals surface area contributed by atoms with Crippen molar-refractivity contribution in [3.05, 3.63) is 47.4 Å². The Morgan fingerprint density at radius 3 is 2.75 bits per heavy atom. The second-order valence-electron chi connectivity index (χ2n) is 5.74. The fourth-order valence-corrected chi connectivity index (χ4v) is 2.71. The van der Waals surface area contributed by atoms with E-state index in [2.05, 4.69) is 10.2 Å². The molecule has 7 nitrogen and oxygen atoms in total. The second kappa shape index (κ2) is 6.38. The third kappa shape index (κ3) is 3.27. The van der Waals surface area contributed by atoms with Crippen LogP contribution in [-0.2, 0) is 22.7 Å². The van der Waals surface area contributed by atoms with Crippen molar-refractivity contribution in [2.45, 2.75) is 33.0 Å². The van der Waals surface area contributed by atoms with E-state index in [1.165, 1.54) is 21.9 Å². The summed E-state index contributed by atoms with van der Waals surface area (Å²) >= 11 is 0. The number of benzene rings is 1. The number of rotatable bonds is 4. The SMILES string of the molecule is Cc1nnc(CN2C(=O)CN(Cc3cccc(F)c3)C(=O)[C@@H]2C)o1. The van der Waals surface area contributed by atoms with Gasteiger partial charge in [0.2, 0.25) is 23.6 Å². The largest absolute Gasteiger partial charge is 0.424 e. The first-order valence-corrected chi connectivity index (χ1v) is 7.55. The summed E-state index contributed by atoms with van der Waals surface area (Å²) in [4.78, 5) is 27.8. The van der Waals surface area contributed by atoms with E-state index >= 15 is 0 Å². The molecule has 24 heavy (non-hydrogen) atoms. The zero-order chi connectivity index (χ0) is 17.3. The zero-order valence-corrected chi connectivity index (χ0v) is 13.4. The zero-order valence-electron chi connectivity index (χ0n) is 13.4. The highest BCUT2D eigenvalue weighted by Gasteiger charge is 2.37. The highest BCUT2D eigenvalue weighted by atomic mass is 19.1. The van der Waals surface area contributed by atoms with Crippen LogP contribution in [0.4, 0.5) is 4.39 Å². The molecule has 1 aromatic heterocycles. The minimum Gasteiger partial charge on any atom is -0.424 e. The lowest BCUT2D eigenvalue weighted by Gasteiger charge is -2.38. The lowest BCUT2D eigenvalue weighted by atomic mass is 10.1. The van der Waals surface area contributed by atoms with Gasteiger partial charge in [-0.2, -0.15) is 0 Å². The quantitative estimate of drug-likeness (QED) is 0.842. The molecule has 0 bridgehead atoms. The van der Waals surface area contributed by atoms with E-state index < -0.39 is 6.04 Å². The summed E-state index contributed by atoms with van der Waals surface area (Å²) in [7, 11) is 0. The average Bonchev–Trinajstić information content (AvgIpc) is 2.94. The molecular weight excluding hydrogens is 315 g/mol. The van der Waals surface area contributed by atoms with Crippen molar-refractivity contribution in [1.29, 1.82) is 0 Å². The highest BCUT2D eigenvalue weighted by Crippen LogP contribution is 2.18. The van der Waals surface area contributed by atoms with Gasteiger partial charge in [-0.3, -0.25) is 9.59 Å². The maximum absolute atomic E-state index is 13.3. The number of hydrogen-bond donors (Lipinski definition) is 0. The minimum atomic E-state index is -0.646. The average molecular weight is 332 g/mol. The molecule has 1 aliphatic heterocycles. The van der Waals surface area contributed by atoms with Crippen LogP contribution in [0.3, 0.4) is 0 Å². The Morgan fingerprint density at radius 2 is 2.08 bits per heavy atom. The van der Waals surface area contributed by atoms with Gasteiger partial charge in [0.15, 0.2) is 0 Å². The summed E-state index contributed by atoms with van der Waals surface area (Å²) in [5.74, 6) is -0.0885. The molecule has 126 valence electrons. The van der Waals surface area contributed by atoms with E-state index in [0.717, 1.165) is 0 Å². The summed E-state index contributed by atoms with van der Waals surface area (Å²) in [6.45, 7) is 3.54. The Bertz CT molecular complexity index is 776. The van der Waals surface area contributed by atoms with Crippen LogP contribution in [0.5, 0.6) is 0 Å². The number of aryl methyl sites for hydroxylation is 1. The standard InChI is InChI=1S/C16H17FN4O3/c1-10-16(23)20(7-12-4-3-5-13(17)6-12)9-15(22)21(10)8-14-19-18-11(2)24-14/h3-6,10H,7-9H2,1-2H3/t10-/m0/s1. The fraction of sp³-hybridized carbons (Fsp3) is 0.375. The Kier molecular flexibility index (Phi) is 4.28. The number of hydrogen-bond acceptors (Lipinski definition) is 5. The number of halogens is 1. The van der Waals surface area contributed by atoms with Gasteiger partial charge in [-0.05, 0) is 24.6 Å². The number of piperazine rings is 1. The summed E-state index contributed by atoms with van der Waals surface area (Å²) in [5, 5.41) is 7.57. The van der Waals surface area contributed by atoms with Crippen molar-refractivity contribution >= 4 is 11.8 Å². The molecule has 2 amide bonds. The first kappa shape index (κ1) is 16.1. The molecule has 0 radical (unpaired) electrons. The van der Waals surface area contributed by atoms with Crippen LogP contribution in [0.25, 0.3) is 0 Å². The van der Waals surface area contributed by atoms with E-state index in [1.54, 1.807) is 26.0 Å².